The molecule has 0 spiro atoms. The van der Waals surface area contributed by atoms with Crippen molar-refractivity contribution in [2.75, 3.05) is 11.5 Å². The first-order valence-electron chi connectivity index (χ1n) is 7.79. The molecule has 0 saturated carbocycles. The molecule has 1 atom stereocenters. The molecule has 6 heteroatoms. The highest BCUT2D eigenvalue weighted by molar-refractivity contribution is 9.10. The minimum Gasteiger partial charge on any atom is -0.456 e. The van der Waals surface area contributed by atoms with Gasteiger partial charge in [-0.1, -0.05) is 45.7 Å². The number of carbonyl (C=O) groups excluding carboxylic acids is 2. The Morgan fingerprint density at radius 2 is 1.92 bits per heavy atom. The summed E-state index contributed by atoms with van der Waals surface area (Å²) in [5, 5.41) is 0.577. The largest absolute Gasteiger partial charge is 0.456 e. The summed E-state index contributed by atoms with van der Waals surface area (Å²) in [4.78, 5) is 26.9. The van der Waals surface area contributed by atoms with Crippen molar-refractivity contribution in [3.8, 4) is 0 Å². The standard InChI is InChI=1S/C19H13BrClNO3/c20-12-4-2-6-14(8-12)22-16-10-25-19(24)18(16)15(9-17(22)23)11-3-1-5-13(21)7-11/h1-8,15H,9-10H2/t15-/m1/s1. The summed E-state index contributed by atoms with van der Waals surface area (Å²) < 4.78 is 6.12. The third-order valence-corrected chi connectivity index (χ3v) is 5.16. The topological polar surface area (TPSA) is 46.6 Å². The van der Waals surface area contributed by atoms with Gasteiger partial charge in [-0.05, 0) is 35.9 Å². The van der Waals surface area contributed by atoms with Crippen LogP contribution in [0.1, 0.15) is 17.9 Å². The second-order valence-electron chi connectivity index (χ2n) is 5.96. The van der Waals surface area contributed by atoms with Gasteiger partial charge in [-0.25, -0.2) is 4.79 Å². The molecule has 2 aromatic carbocycles. The van der Waals surface area contributed by atoms with Crippen molar-refractivity contribution in [3.63, 3.8) is 0 Å². The molecule has 0 fully saturated rings. The van der Waals surface area contributed by atoms with Crippen molar-refractivity contribution in [1.29, 1.82) is 0 Å². The molecule has 2 aliphatic rings. The zero-order valence-corrected chi connectivity index (χ0v) is 15.4. The van der Waals surface area contributed by atoms with Gasteiger partial charge in [-0.15, -0.1) is 0 Å². The van der Waals surface area contributed by atoms with Gasteiger partial charge in [0.15, 0.2) is 0 Å². The van der Waals surface area contributed by atoms with Crippen LogP contribution in [-0.4, -0.2) is 18.5 Å². The molecule has 0 unspecified atom stereocenters. The molecule has 4 nitrogen and oxygen atoms in total. The number of nitrogens with zero attached hydrogens (tertiary/aromatic N) is 1. The molecule has 0 aromatic heterocycles. The SMILES string of the molecule is O=C1OCC2=C1[C@@H](c1cccc(Cl)c1)CC(=O)N2c1cccc(Br)c1. The number of hydrogen-bond donors (Lipinski definition) is 0. The van der Waals surface area contributed by atoms with Crippen LogP contribution in [0.25, 0.3) is 0 Å². The Bertz CT molecular complexity index is 924. The van der Waals surface area contributed by atoms with E-state index >= 15 is 0 Å². The Morgan fingerprint density at radius 3 is 2.68 bits per heavy atom. The van der Waals surface area contributed by atoms with E-state index < -0.39 is 0 Å². The molecule has 0 radical (unpaired) electrons. The fraction of sp³-hybridized carbons (Fsp3) is 0.158. The Kier molecular flexibility index (Phi) is 4.13. The van der Waals surface area contributed by atoms with Crippen LogP contribution in [-0.2, 0) is 14.3 Å². The molecule has 126 valence electrons. The Labute approximate surface area is 158 Å². The molecule has 0 bridgehead atoms. The van der Waals surface area contributed by atoms with E-state index in [9.17, 15) is 9.59 Å². The highest BCUT2D eigenvalue weighted by Crippen LogP contribution is 2.42. The average Bonchev–Trinajstić information content (AvgIpc) is 2.96. The van der Waals surface area contributed by atoms with Crippen molar-refractivity contribution in [2.45, 2.75) is 12.3 Å². The van der Waals surface area contributed by atoms with Crippen molar-refractivity contribution in [1.82, 2.24) is 0 Å². The van der Waals surface area contributed by atoms with Gasteiger partial charge in [0.05, 0.1) is 11.3 Å². The van der Waals surface area contributed by atoms with Crippen LogP contribution in [0.15, 0.2) is 64.3 Å². The normalized spacial score (nSPS) is 19.9. The summed E-state index contributed by atoms with van der Waals surface area (Å²) in [7, 11) is 0. The fourth-order valence-corrected chi connectivity index (χ4v) is 3.96. The number of halogens is 2. The number of benzene rings is 2. The molecule has 0 aliphatic carbocycles. The lowest BCUT2D eigenvalue weighted by atomic mass is 9.84. The zero-order chi connectivity index (χ0) is 17.6. The molecule has 1 amide bonds. The van der Waals surface area contributed by atoms with Gasteiger partial charge in [-0.3, -0.25) is 9.69 Å². The first-order chi connectivity index (χ1) is 12.0. The monoisotopic (exact) mass is 417 g/mol. The van der Waals surface area contributed by atoms with Crippen molar-refractivity contribution >= 4 is 45.1 Å². The van der Waals surface area contributed by atoms with Crippen LogP contribution in [0, 0.1) is 0 Å². The summed E-state index contributed by atoms with van der Waals surface area (Å²) in [6, 6.07) is 14.7. The maximum absolute atomic E-state index is 12.9. The lowest BCUT2D eigenvalue weighted by Gasteiger charge is -2.32. The Balaban J connectivity index is 1.84. The molecular weight excluding hydrogens is 406 g/mol. The number of anilines is 1. The van der Waals surface area contributed by atoms with E-state index in [0.717, 1.165) is 15.7 Å². The highest BCUT2D eigenvalue weighted by Gasteiger charge is 2.42. The van der Waals surface area contributed by atoms with Crippen LogP contribution >= 0.6 is 27.5 Å². The number of esters is 1. The van der Waals surface area contributed by atoms with E-state index in [1.807, 2.05) is 36.4 Å². The second kappa shape index (κ2) is 6.32. The third-order valence-electron chi connectivity index (χ3n) is 4.43. The number of hydrogen-bond acceptors (Lipinski definition) is 3. The summed E-state index contributed by atoms with van der Waals surface area (Å²) in [6.45, 7) is 0.101. The van der Waals surface area contributed by atoms with Crippen molar-refractivity contribution < 1.29 is 14.3 Å². The fourth-order valence-electron chi connectivity index (χ4n) is 3.38. The van der Waals surface area contributed by atoms with Crippen molar-refractivity contribution in [2.24, 2.45) is 0 Å². The lowest BCUT2D eigenvalue weighted by Crippen LogP contribution is -2.37. The van der Waals surface area contributed by atoms with Gasteiger partial charge >= 0.3 is 5.97 Å². The highest BCUT2D eigenvalue weighted by atomic mass is 79.9. The predicted octanol–water partition coefficient (Wildman–Crippen LogP) is 4.43. The van der Waals surface area contributed by atoms with Gasteiger partial charge < -0.3 is 4.74 Å². The molecule has 2 aliphatic heterocycles. The minimum atomic E-state index is -0.368. The van der Waals surface area contributed by atoms with Gasteiger partial charge in [0, 0.05) is 27.5 Å². The van der Waals surface area contributed by atoms with E-state index in [2.05, 4.69) is 15.9 Å². The van der Waals surface area contributed by atoms with Crippen LogP contribution in [0.3, 0.4) is 0 Å². The molecule has 2 aromatic rings. The van der Waals surface area contributed by atoms with Crippen LogP contribution in [0.2, 0.25) is 5.02 Å². The summed E-state index contributed by atoms with van der Waals surface area (Å²) in [6.07, 6.45) is 0.195. The molecule has 25 heavy (non-hydrogen) atoms. The first-order valence-corrected chi connectivity index (χ1v) is 8.96. The molecule has 0 saturated heterocycles. The Hall–Kier alpha value is -2.11. The van der Waals surface area contributed by atoms with E-state index in [1.54, 1.807) is 17.0 Å². The smallest absolute Gasteiger partial charge is 0.336 e. The quantitative estimate of drug-likeness (QED) is 0.678. The number of rotatable bonds is 2. The summed E-state index contributed by atoms with van der Waals surface area (Å²) >= 11 is 9.51. The Morgan fingerprint density at radius 1 is 1.12 bits per heavy atom. The number of ether oxygens (including phenoxy) is 1. The van der Waals surface area contributed by atoms with Crippen LogP contribution in [0.4, 0.5) is 5.69 Å². The minimum absolute atomic E-state index is 0.0693. The number of carbonyl (C=O) groups is 2. The lowest BCUT2D eigenvalue weighted by molar-refractivity contribution is -0.136. The van der Waals surface area contributed by atoms with Crippen LogP contribution < -0.4 is 4.90 Å². The molecule has 2 heterocycles. The van der Waals surface area contributed by atoms with Gasteiger partial charge in [-0.2, -0.15) is 0 Å². The predicted molar refractivity (Wildman–Crippen MR) is 98.4 cm³/mol. The summed E-state index contributed by atoms with van der Waals surface area (Å²) in [5.41, 5.74) is 2.72. The third kappa shape index (κ3) is 2.87. The zero-order valence-electron chi connectivity index (χ0n) is 13.0. The molecule has 4 rings (SSSR count). The van der Waals surface area contributed by atoms with Crippen LogP contribution in [0.5, 0.6) is 0 Å². The average molecular weight is 419 g/mol. The summed E-state index contributed by atoms with van der Waals surface area (Å²) in [5.74, 6) is -0.771. The van der Waals surface area contributed by atoms with Gasteiger partial charge in [0.25, 0.3) is 0 Å². The van der Waals surface area contributed by atoms with E-state index in [1.165, 1.54) is 0 Å². The molecule has 0 N–H and O–H groups in total. The maximum Gasteiger partial charge on any atom is 0.336 e. The first kappa shape index (κ1) is 16.4. The maximum atomic E-state index is 12.9. The van der Waals surface area contributed by atoms with Gasteiger partial charge in [0.1, 0.15) is 6.61 Å². The van der Waals surface area contributed by atoms with Gasteiger partial charge in [0.2, 0.25) is 5.91 Å². The van der Waals surface area contributed by atoms with Crippen molar-refractivity contribution in [3.05, 3.63) is 74.9 Å². The second-order valence-corrected chi connectivity index (χ2v) is 7.31. The van der Waals surface area contributed by atoms with E-state index in [4.69, 9.17) is 16.3 Å². The molecular formula is C19H13BrClNO3. The van der Waals surface area contributed by atoms with E-state index in [0.29, 0.717) is 16.3 Å². The van der Waals surface area contributed by atoms with E-state index in [-0.39, 0.29) is 30.8 Å². The number of amides is 1. The number of cyclic esters (lactones) is 1.